The molecule has 0 saturated carbocycles. The lowest BCUT2D eigenvalue weighted by molar-refractivity contribution is 0.349. The first kappa shape index (κ1) is 17.6. The summed E-state index contributed by atoms with van der Waals surface area (Å²) in [6.07, 6.45) is 0. The maximum Gasteiger partial charge on any atom is 0.254 e. The fraction of sp³-hybridized carbons (Fsp3) is 0.571. The molecule has 0 N–H and O–H groups in total. The first-order chi connectivity index (χ1) is 9.30. The molecule has 114 valence electrons. The highest BCUT2D eigenvalue weighted by atomic mass is 32.7. The SMILES string of the molecule is CCOP(C)(=O)SCC[N+](C)(C)c1cccc(OC)c1. The van der Waals surface area contributed by atoms with E-state index in [1.54, 1.807) is 13.8 Å². The Balaban J connectivity index is 2.63. The van der Waals surface area contributed by atoms with Gasteiger partial charge in [0.05, 0.1) is 40.1 Å². The molecule has 20 heavy (non-hydrogen) atoms. The Kier molecular flexibility index (Phi) is 6.59. The summed E-state index contributed by atoms with van der Waals surface area (Å²) in [6, 6.07) is 8.06. The van der Waals surface area contributed by atoms with Crippen molar-refractivity contribution in [2.24, 2.45) is 0 Å². The van der Waals surface area contributed by atoms with Crippen LogP contribution in [0.15, 0.2) is 24.3 Å². The predicted octanol–water partition coefficient (Wildman–Crippen LogP) is 3.85. The van der Waals surface area contributed by atoms with Crippen LogP contribution in [0, 0.1) is 0 Å². The molecule has 1 aromatic carbocycles. The van der Waals surface area contributed by atoms with Crippen molar-refractivity contribution in [3.8, 4) is 5.75 Å². The minimum atomic E-state index is -2.50. The second kappa shape index (κ2) is 7.51. The molecule has 0 bridgehead atoms. The van der Waals surface area contributed by atoms with Gasteiger partial charge in [-0.1, -0.05) is 17.4 Å². The van der Waals surface area contributed by atoms with E-state index in [-0.39, 0.29) is 0 Å². The lowest BCUT2D eigenvalue weighted by Crippen LogP contribution is -2.42. The van der Waals surface area contributed by atoms with Gasteiger partial charge in [0.15, 0.2) is 0 Å². The van der Waals surface area contributed by atoms with Gasteiger partial charge in [-0.05, 0) is 19.1 Å². The second-order valence-corrected chi connectivity index (χ2v) is 10.4. The minimum Gasteiger partial charge on any atom is -0.497 e. The highest BCUT2D eigenvalue weighted by Gasteiger charge is 2.22. The van der Waals surface area contributed by atoms with Gasteiger partial charge in [-0.3, -0.25) is 9.05 Å². The number of nitrogens with zero attached hydrogens (tertiary/aromatic N) is 1. The van der Waals surface area contributed by atoms with E-state index < -0.39 is 6.57 Å². The number of benzene rings is 1. The molecule has 4 nitrogen and oxygen atoms in total. The smallest absolute Gasteiger partial charge is 0.254 e. The molecule has 0 spiro atoms. The molecule has 6 heteroatoms. The van der Waals surface area contributed by atoms with Gasteiger partial charge in [-0.2, -0.15) is 0 Å². The molecule has 0 amide bonds. The third-order valence-electron chi connectivity index (χ3n) is 3.09. The Morgan fingerprint density at radius 1 is 1.35 bits per heavy atom. The molecule has 0 aliphatic carbocycles. The lowest BCUT2D eigenvalue weighted by Gasteiger charge is -2.29. The zero-order valence-electron chi connectivity index (χ0n) is 13.0. The summed E-state index contributed by atoms with van der Waals surface area (Å²) >= 11 is 1.42. The number of ether oxygens (including phenoxy) is 1. The predicted molar refractivity (Wildman–Crippen MR) is 89.1 cm³/mol. The molecule has 0 aliphatic rings. The molecule has 1 unspecified atom stereocenters. The summed E-state index contributed by atoms with van der Waals surface area (Å²) in [7, 11) is 5.94. The summed E-state index contributed by atoms with van der Waals surface area (Å²) in [5, 5.41) is 0. The third kappa shape index (κ3) is 5.49. The van der Waals surface area contributed by atoms with Gasteiger partial charge in [0.25, 0.3) is 6.57 Å². The molecule has 1 aromatic rings. The van der Waals surface area contributed by atoms with Crippen molar-refractivity contribution >= 4 is 23.6 Å². The molecule has 0 aromatic heterocycles. The van der Waals surface area contributed by atoms with Crippen molar-refractivity contribution in [3.63, 3.8) is 0 Å². The van der Waals surface area contributed by atoms with Gasteiger partial charge in [0, 0.05) is 12.7 Å². The largest absolute Gasteiger partial charge is 0.497 e. The van der Waals surface area contributed by atoms with Gasteiger partial charge in [-0.25, -0.2) is 0 Å². The van der Waals surface area contributed by atoms with Gasteiger partial charge < -0.3 is 9.26 Å². The van der Waals surface area contributed by atoms with Gasteiger partial charge in [0.1, 0.15) is 11.4 Å². The quantitative estimate of drug-likeness (QED) is 0.539. The van der Waals surface area contributed by atoms with Gasteiger partial charge >= 0.3 is 0 Å². The van der Waals surface area contributed by atoms with E-state index in [1.165, 1.54) is 17.1 Å². The molecule has 1 rings (SSSR count). The van der Waals surface area contributed by atoms with Crippen LogP contribution in [0.25, 0.3) is 0 Å². The molecule has 0 radical (unpaired) electrons. The first-order valence-corrected chi connectivity index (χ1v) is 10.3. The molecule has 0 fully saturated rings. The normalized spacial score (nSPS) is 14.8. The summed E-state index contributed by atoms with van der Waals surface area (Å²) < 4.78 is 23.3. The van der Waals surface area contributed by atoms with E-state index in [0.29, 0.717) is 6.61 Å². The Morgan fingerprint density at radius 2 is 2.05 bits per heavy atom. The third-order valence-corrected chi connectivity index (χ3v) is 6.92. The van der Waals surface area contributed by atoms with Gasteiger partial charge in [0.2, 0.25) is 0 Å². The van der Waals surface area contributed by atoms with Crippen LogP contribution in [0.3, 0.4) is 0 Å². The zero-order chi connectivity index (χ0) is 15.2. The van der Waals surface area contributed by atoms with Gasteiger partial charge in [-0.15, -0.1) is 0 Å². The van der Waals surface area contributed by atoms with E-state index in [0.717, 1.165) is 22.5 Å². The number of quaternary nitrogens is 1. The van der Waals surface area contributed by atoms with Crippen LogP contribution in [0.2, 0.25) is 0 Å². The average molecular weight is 318 g/mol. The second-order valence-electron chi connectivity index (χ2n) is 5.13. The highest BCUT2D eigenvalue weighted by molar-refractivity contribution is 8.56. The van der Waals surface area contributed by atoms with Crippen LogP contribution >= 0.6 is 18.0 Å². The Labute approximate surface area is 126 Å². The average Bonchev–Trinajstić information content (AvgIpc) is 2.38. The van der Waals surface area contributed by atoms with E-state index >= 15 is 0 Å². The summed E-state index contributed by atoms with van der Waals surface area (Å²) in [6.45, 7) is 2.42. The summed E-state index contributed by atoms with van der Waals surface area (Å²) in [4.78, 5) is 0. The lowest BCUT2D eigenvalue weighted by atomic mass is 10.2. The molecular weight excluding hydrogens is 293 g/mol. The maximum absolute atomic E-state index is 12.1. The molecule has 0 saturated heterocycles. The van der Waals surface area contributed by atoms with Crippen molar-refractivity contribution in [3.05, 3.63) is 24.3 Å². The van der Waals surface area contributed by atoms with Crippen LogP contribution in [0.5, 0.6) is 5.75 Å². The highest BCUT2D eigenvalue weighted by Crippen LogP contribution is 2.55. The van der Waals surface area contributed by atoms with Crippen LogP contribution in [-0.2, 0) is 9.09 Å². The number of hydrogen-bond donors (Lipinski definition) is 0. The molecule has 1 atom stereocenters. The molecule has 0 heterocycles. The Hall–Kier alpha value is -0.480. The van der Waals surface area contributed by atoms with E-state index in [4.69, 9.17) is 9.26 Å². The zero-order valence-corrected chi connectivity index (χ0v) is 14.7. The van der Waals surface area contributed by atoms with Crippen molar-refractivity contribution in [2.75, 3.05) is 46.8 Å². The standard InChI is InChI=1S/C14H25NO3PS/c1-6-18-19(5,16)20-11-10-15(2,3)13-8-7-9-14(12-13)17-4/h7-9,12H,6,10-11H2,1-5H3/q+1. The van der Waals surface area contributed by atoms with Crippen LogP contribution < -0.4 is 9.22 Å². The Bertz CT molecular complexity index is 479. The van der Waals surface area contributed by atoms with Crippen molar-refractivity contribution in [2.45, 2.75) is 6.92 Å². The van der Waals surface area contributed by atoms with Crippen molar-refractivity contribution in [1.82, 2.24) is 4.48 Å². The number of rotatable bonds is 8. The maximum atomic E-state index is 12.1. The van der Waals surface area contributed by atoms with Crippen molar-refractivity contribution < 1.29 is 13.8 Å². The van der Waals surface area contributed by atoms with E-state index in [2.05, 4.69) is 20.2 Å². The monoisotopic (exact) mass is 318 g/mol. The fourth-order valence-electron chi connectivity index (χ4n) is 1.82. The van der Waals surface area contributed by atoms with E-state index in [1.807, 2.05) is 25.1 Å². The minimum absolute atomic E-state index is 0.495. The Morgan fingerprint density at radius 3 is 2.65 bits per heavy atom. The summed E-state index contributed by atoms with van der Waals surface area (Å²) in [5.41, 5.74) is 1.17. The molecular formula is C14H25NO3PS+. The van der Waals surface area contributed by atoms with Crippen molar-refractivity contribution in [1.29, 1.82) is 0 Å². The van der Waals surface area contributed by atoms with Crippen LogP contribution in [0.1, 0.15) is 6.92 Å². The van der Waals surface area contributed by atoms with E-state index in [9.17, 15) is 4.57 Å². The number of hydrogen-bond acceptors (Lipinski definition) is 4. The summed E-state index contributed by atoms with van der Waals surface area (Å²) in [5.74, 6) is 1.65. The van der Waals surface area contributed by atoms with Crippen LogP contribution in [-0.4, -0.2) is 46.8 Å². The first-order valence-electron chi connectivity index (χ1n) is 6.65. The number of methoxy groups -OCH3 is 1. The molecule has 0 aliphatic heterocycles. The van der Waals surface area contributed by atoms with Crippen LogP contribution in [0.4, 0.5) is 5.69 Å². The topological polar surface area (TPSA) is 35.5 Å². The fourth-order valence-corrected chi connectivity index (χ4v) is 5.02.